The zero-order chi connectivity index (χ0) is 30.2. The van der Waals surface area contributed by atoms with E-state index in [1.807, 2.05) is 17.4 Å². The van der Waals surface area contributed by atoms with Gasteiger partial charge in [0.1, 0.15) is 0 Å². The predicted octanol–water partition coefficient (Wildman–Crippen LogP) is 11.6. The van der Waals surface area contributed by atoms with Crippen molar-refractivity contribution in [3.63, 3.8) is 0 Å². The Labute approximate surface area is 268 Å². The van der Waals surface area contributed by atoms with Crippen molar-refractivity contribution in [3.05, 3.63) is 152 Å². The number of rotatable bonds is 3. The van der Waals surface area contributed by atoms with Crippen molar-refractivity contribution >= 4 is 75.0 Å². The van der Waals surface area contributed by atoms with Crippen LogP contribution in [0.3, 0.4) is 0 Å². The zero-order valence-electron chi connectivity index (χ0n) is 24.7. The van der Waals surface area contributed by atoms with Gasteiger partial charge >= 0.3 is 0 Å². The Morgan fingerprint density at radius 3 is 2.07 bits per heavy atom. The van der Waals surface area contributed by atoms with Crippen molar-refractivity contribution in [2.75, 3.05) is 0 Å². The molecule has 10 aromatic rings. The lowest BCUT2D eigenvalue weighted by Crippen LogP contribution is -2.04. The molecule has 214 valence electrons. The molecule has 0 bridgehead atoms. The Morgan fingerprint density at radius 2 is 1.15 bits per heavy atom. The Morgan fingerprint density at radius 1 is 0.435 bits per heavy atom. The van der Waals surface area contributed by atoms with Gasteiger partial charge in [-0.25, -0.2) is 9.97 Å². The smallest absolute Gasteiger partial charge is 0.235 e. The number of para-hydroxylation sites is 2. The molecular formula is C42H25N3S. The summed E-state index contributed by atoms with van der Waals surface area (Å²) in [5.41, 5.74) is 7.50. The van der Waals surface area contributed by atoms with Gasteiger partial charge in [-0.15, -0.1) is 11.3 Å². The molecule has 4 heteroatoms. The summed E-state index contributed by atoms with van der Waals surface area (Å²) in [5, 5.41) is 8.38. The van der Waals surface area contributed by atoms with E-state index in [2.05, 4.69) is 150 Å². The highest BCUT2D eigenvalue weighted by atomic mass is 32.1. The first-order valence-electron chi connectivity index (χ1n) is 15.5. The Hall–Kier alpha value is -5.84. The van der Waals surface area contributed by atoms with Gasteiger partial charge in [-0.1, -0.05) is 127 Å². The van der Waals surface area contributed by atoms with E-state index in [0.717, 1.165) is 38.8 Å². The number of thiophene rings is 1. The molecule has 0 aliphatic heterocycles. The number of nitrogens with zero attached hydrogens (tertiary/aromatic N) is 3. The van der Waals surface area contributed by atoms with E-state index in [1.54, 1.807) is 0 Å². The van der Waals surface area contributed by atoms with Crippen LogP contribution in [0.1, 0.15) is 0 Å². The second kappa shape index (κ2) is 9.83. The summed E-state index contributed by atoms with van der Waals surface area (Å²) in [4.78, 5) is 10.7. The first kappa shape index (κ1) is 25.5. The summed E-state index contributed by atoms with van der Waals surface area (Å²) in [6.45, 7) is 0. The van der Waals surface area contributed by atoms with Crippen LogP contribution in [0, 0.1) is 0 Å². The third-order valence-corrected chi connectivity index (χ3v) is 10.4. The second-order valence-electron chi connectivity index (χ2n) is 11.8. The molecule has 0 spiro atoms. The van der Waals surface area contributed by atoms with Crippen LogP contribution in [0.5, 0.6) is 0 Å². The maximum Gasteiger partial charge on any atom is 0.235 e. The van der Waals surface area contributed by atoms with Crippen LogP contribution >= 0.6 is 11.3 Å². The summed E-state index contributed by atoms with van der Waals surface area (Å²) < 4.78 is 4.93. The van der Waals surface area contributed by atoms with E-state index in [4.69, 9.17) is 9.97 Å². The van der Waals surface area contributed by atoms with Gasteiger partial charge in [0.05, 0.1) is 22.2 Å². The van der Waals surface area contributed by atoms with Crippen LogP contribution in [0.25, 0.3) is 92.0 Å². The molecular weight excluding hydrogens is 579 g/mol. The van der Waals surface area contributed by atoms with E-state index in [9.17, 15) is 0 Å². The molecule has 0 unspecified atom stereocenters. The van der Waals surface area contributed by atoms with Crippen LogP contribution in [0.15, 0.2) is 152 Å². The van der Waals surface area contributed by atoms with Crippen molar-refractivity contribution in [1.82, 2.24) is 14.5 Å². The third-order valence-electron chi connectivity index (χ3n) is 9.20. The molecule has 0 amide bonds. The number of hydrogen-bond donors (Lipinski definition) is 0. The van der Waals surface area contributed by atoms with Gasteiger partial charge in [-0.2, -0.15) is 0 Å². The fourth-order valence-electron chi connectivity index (χ4n) is 7.13. The molecule has 0 atom stereocenters. The van der Waals surface area contributed by atoms with Crippen LogP contribution < -0.4 is 0 Å². The summed E-state index contributed by atoms with van der Waals surface area (Å²) in [7, 11) is 0. The van der Waals surface area contributed by atoms with Crippen molar-refractivity contribution < 1.29 is 0 Å². The third kappa shape index (κ3) is 3.71. The molecule has 0 saturated carbocycles. The molecule has 0 N–H and O–H groups in total. The van der Waals surface area contributed by atoms with Crippen molar-refractivity contribution in [2.45, 2.75) is 0 Å². The van der Waals surface area contributed by atoms with E-state index >= 15 is 0 Å². The van der Waals surface area contributed by atoms with Gasteiger partial charge in [-0.3, -0.25) is 4.57 Å². The average Bonchev–Trinajstić information content (AvgIpc) is 3.67. The molecule has 0 fully saturated rings. The van der Waals surface area contributed by atoms with Gasteiger partial charge in [-0.05, 0) is 35.2 Å². The molecule has 0 saturated heterocycles. The lowest BCUT2D eigenvalue weighted by Gasteiger charge is -2.14. The zero-order valence-corrected chi connectivity index (χ0v) is 25.5. The molecule has 10 rings (SSSR count). The summed E-state index contributed by atoms with van der Waals surface area (Å²) in [6, 6.07) is 54.2. The molecule has 3 heterocycles. The van der Waals surface area contributed by atoms with Crippen LogP contribution in [-0.4, -0.2) is 14.5 Å². The van der Waals surface area contributed by atoms with Crippen molar-refractivity contribution in [1.29, 1.82) is 0 Å². The second-order valence-corrected chi connectivity index (χ2v) is 12.9. The van der Waals surface area contributed by atoms with Gasteiger partial charge in [0.15, 0.2) is 0 Å². The fourth-order valence-corrected chi connectivity index (χ4v) is 8.22. The summed E-state index contributed by atoms with van der Waals surface area (Å²) >= 11 is 1.85. The predicted molar refractivity (Wildman–Crippen MR) is 195 cm³/mol. The van der Waals surface area contributed by atoms with E-state index in [-0.39, 0.29) is 0 Å². The Kier molecular flexibility index (Phi) is 5.45. The highest BCUT2D eigenvalue weighted by Crippen LogP contribution is 2.43. The lowest BCUT2D eigenvalue weighted by atomic mass is 9.99. The van der Waals surface area contributed by atoms with Crippen LogP contribution in [0.4, 0.5) is 0 Å². The highest BCUT2D eigenvalue weighted by Gasteiger charge is 2.22. The quantitative estimate of drug-likeness (QED) is 0.201. The maximum atomic E-state index is 5.39. The molecule has 0 radical (unpaired) electrons. The topological polar surface area (TPSA) is 30.7 Å². The molecule has 0 aliphatic rings. The summed E-state index contributed by atoms with van der Waals surface area (Å²) in [5.74, 6) is 0.670. The Bertz CT molecular complexity index is 2810. The van der Waals surface area contributed by atoms with E-state index < -0.39 is 0 Å². The fraction of sp³-hybridized carbons (Fsp3) is 0. The monoisotopic (exact) mass is 603 g/mol. The summed E-state index contributed by atoms with van der Waals surface area (Å²) in [6.07, 6.45) is 0. The lowest BCUT2D eigenvalue weighted by molar-refractivity contribution is 1.02. The first-order valence-corrected chi connectivity index (χ1v) is 16.3. The number of fused-ring (bicyclic) bond motifs is 9. The minimum absolute atomic E-state index is 0.670. The minimum Gasteiger partial charge on any atom is -0.277 e. The highest BCUT2D eigenvalue weighted by molar-refractivity contribution is 7.25. The molecule has 3 nitrogen and oxygen atoms in total. The SMILES string of the molecule is c1ccc(-c2nc(-n3c4c(-c5ccc6sc7ccccc7c6c5)cccc4c4ccc5ccccc5c43)nc3ccccc23)cc1. The minimum atomic E-state index is 0.670. The van der Waals surface area contributed by atoms with E-state index in [0.29, 0.717) is 5.95 Å². The number of hydrogen-bond acceptors (Lipinski definition) is 3. The molecule has 3 aromatic heterocycles. The average molecular weight is 604 g/mol. The van der Waals surface area contributed by atoms with Crippen molar-refractivity contribution in [3.8, 4) is 28.3 Å². The van der Waals surface area contributed by atoms with Crippen LogP contribution in [0.2, 0.25) is 0 Å². The molecule has 7 aromatic carbocycles. The largest absolute Gasteiger partial charge is 0.277 e. The van der Waals surface area contributed by atoms with Gasteiger partial charge in [0, 0.05) is 52.8 Å². The van der Waals surface area contributed by atoms with Crippen LogP contribution in [-0.2, 0) is 0 Å². The van der Waals surface area contributed by atoms with E-state index in [1.165, 1.54) is 47.3 Å². The van der Waals surface area contributed by atoms with Gasteiger partial charge in [0.25, 0.3) is 0 Å². The van der Waals surface area contributed by atoms with Crippen molar-refractivity contribution in [2.24, 2.45) is 0 Å². The maximum absolute atomic E-state index is 5.39. The normalized spacial score (nSPS) is 11.9. The van der Waals surface area contributed by atoms with Gasteiger partial charge in [0.2, 0.25) is 5.95 Å². The number of benzene rings is 7. The molecule has 0 aliphatic carbocycles. The standard InChI is InChI=1S/C42H25N3S/c1-2-12-27(13-3-1)39-34-16-6-8-19-36(34)43-42(44-39)45-40-29-14-5-4-11-26(29)21-23-33(40)32-18-10-17-30(41(32)45)28-22-24-38-35(25-28)31-15-7-9-20-37(31)46-38/h1-25H. The van der Waals surface area contributed by atoms with Gasteiger partial charge < -0.3 is 0 Å². The Balaban J connectivity index is 1.37. The number of aromatic nitrogens is 3. The first-order chi connectivity index (χ1) is 22.8. The molecule has 46 heavy (non-hydrogen) atoms.